The average molecular weight is 250 g/mol. The lowest BCUT2D eigenvalue weighted by Gasteiger charge is -2.52. The van der Waals surface area contributed by atoms with Gasteiger partial charge in [-0.3, -0.25) is 9.48 Å². The first-order valence-electron chi connectivity index (χ1n) is 6.34. The molecule has 0 spiro atoms. The van der Waals surface area contributed by atoms with E-state index in [-0.39, 0.29) is 24.1 Å². The number of ether oxygens (including phenoxy) is 1. The molecule has 4 unspecified atom stereocenters. The molecule has 2 fully saturated rings. The van der Waals surface area contributed by atoms with Gasteiger partial charge in [-0.1, -0.05) is 0 Å². The number of nitrogens with one attached hydrogen (secondary N) is 1. The summed E-state index contributed by atoms with van der Waals surface area (Å²) in [7, 11) is 1.78. The van der Waals surface area contributed by atoms with Crippen molar-refractivity contribution in [2.75, 3.05) is 6.61 Å². The number of fused-ring (bicyclic) bond motifs is 1. The van der Waals surface area contributed by atoms with Crippen LogP contribution < -0.4 is 11.1 Å². The maximum atomic E-state index is 12.0. The van der Waals surface area contributed by atoms with Crippen molar-refractivity contribution in [3.8, 4) is 0 Å². The van der Waals surface area contributed by atoms with Crippen molar-refractivity contribution in [1.29, 1.82) is 0 Å². The second-order valence-electron chi connectivity index (χ2n) is 5.09. The second-order valence-corrected chi connectivity index (χ2v) is 5.09. The normalized spacial score (nSPS) is 34.6. The lowest BCUT2D eigenvalue weighted by Crippen LogP contribution is -2.72. The van der Waals surface area contributed by atoms with Crippen LogP contribution in [-0.2, 0) is 11.8 Å². The van der Waals surface area contributed by atoms with Gasteiger partial charge in [0.15, 0.2) is 0 Å². The molecular formula is C12H18N4O2. The number of hydrogen-bond donors (Lipinski definition) is 2. The van der Waals surface area contributed by atoms with Crippen LogP contribution in [0.25, 0.3) is 0 Å². The van der Waals surface area contributed by atoms with E-state index in [1.807, 2.05) is 0 Å². The Morgan fingerprint density at radius 1 is 1.67 bits per heavy atom. The van der Waals surface area contributed by atoms with Gasteiger partial charge in [-0.2, -0.15) is 5.10 Å². The first-order valence-corrected chi connectivity index (χ1v) is 6.34. The second kappa shape index (κ2) is 4.37. The molecule has 1 aromatic rings. The first-order chi connectivity index (χ1) is 8.66. The highest BCUT2D eigenvalue weighted by atomic mass is 16.5. The zero-order valence-electron chi connectivity index (χ0n) is 10.4. The van der Waals surface area contributed by atoms with Crippen molar-refractivity contribution < 1.29 is 9.53 Å². The van der Waals surface area contributed by atoms with Crippen molar-refractivity contribution in [2.24, 2.45) is 18.7 Å². The number of aryl methyl sites for hydroxylation is 1. The van der Waals surface area contributed by atoms with Crippen LogP contribution in [0, 0.1) is 5.92 Å². The Bertz CT molecular complexity index is 459. The van der Waals surface area contributed by atoms with Crippen LogP contribution in [0.5, 0.6) is 0 Å². The molecule has 1 amide bonds. The quantitative estimate of drug-likeness (QED) is 0.752. The average Bonchev–Trinajstić information content (AvgIpc) is 2.82. The molecule has 2 heterocycles. The van der Waals surface area contributed by atoms with E-state index in [9.17, 15) is 4.79 Å². The van der Waals surface area contributed by atoms with E-state index in [4.69, 9.17) is 10.5 Å². The predicted molar refractivity (Wildman–Crippen MR) is 64.9 cm³/mol. The maximum absolute atomic E-state index is 12.0. The lowest BCUT2D eigenvalue weighted by molar-refractivity contribution is -0.117. The number of amides is 1. The Labute approximate surface area is 105 Å². The highest BCUT2D eigenvalue weighted by Crippen LogP contribution is 2.36. The molecule has 1 aliphatic carbocycles. The summed E-state index contributed by atoms with van der Waals surface area (Å²) in [6.07, 6.45) is 3.99. The minimum atomic E-state index is -0.177. The highest BCUT2D eigenvalue weighted by Gasteiger charge is 2.51. The van der Waals surface area contributed by atoms with Gasteiger partial charge in [0.1, 0.15) is 5.69 Å². The Balaban J connectivity index is 1.64. The summed E-state index contributed by atoms with van der Waals surface area (Å²) in [5, 5.41) is 7.00. The van der Waals surface area contributed by atoms with Gasteiger partial charge in [0, 0.05) is 31.8 Å². The van der Waals surface area contributed by atoms with Crippen molar-refractivity contribution >= 4 is 5.91 Å². The third-order valence-corrected chi connectivity index (χ3v) is 3.92. The van der Waals surface area contributed by atoms with Gasteiger partial charge >= 0.3 is 0 Å². The number of hydrogen-bond acceptors (Lipinski definition) is 4. The zero-order valence-corrected chi connectivity index (χ0v) is 10.4. The number of aromatic nitrogens is 2. The molecule has 1 aromatic heterocycles. The molecule has 1 saturated carbocycles. The van der Waals surface area contributed by atoms with Crippen molar-refractivity contribution in [2.45, 2.75) is 31.0 Å². The highest BCUT2D eigenvalue weighted by molar-refractivity contribution is 5.92. The van der Waals surface area contributed by atoms with Gasteiger partial charge in [0.25, 0.3) is 5.91 Å². The molecule has 18 heavy (non-hydrogen) atoms. The van der Waals surface area contributed by atoms with Gasteiger partial charge in [-0.25, -0.2) is 0 Å². The summed E-state index contributed by atoms with van der Waals surface area (Å²) in [5.41, 5.74) is 6.51. The molecule has 2 aliphatic rings. The van der Waals surface area contributed by atoms with Gasteiger partial charge in [0.2, 0.25) is 0 Å². The fourth-order valence-corrected chi connectivity index (χ4v) is 2.89. The molecule has 6 heteroatoms. The van der Waals surface area contributed by atoms with Crippen LogP contribution in [0.15, 0.2) is 12.3 Å². The fourth-order valence-electron chi connectivity index (χ4n) is 2.89. The third kappa shape index (κ3) is 1.81. The fraction of sp³-hybridized carbons (Fsp3) is 0.667. The molecule has 3 N–H and O–H groups in total. The maximum Gasteiger partial charge on any atom is 0.272 e. The van der Waals surface area contributed by atoms with E-state index >= 15 is 0 Å². The van der Waals surface area contributed by atoms with Gasteiger partial charge in [-0.15, -0.1) is 0 Å². The van der Waals surface area contributed by atoms with Crippen LogP contribution in [0.2, 0.25) is 0 Å². The summed E-state index contributed by atoms with van der Waals surface area (Å²) in [6.45, 7) is 0.768. The molecule has 4 atom stereocenters. The third-order valence-electron chi connectivity index (χ3n) is 3.92. The molecule has 1 saturated heterocycles. The summed E-state index contributed by atoms with van der Waals surface area (Å²) >= 11 is 0. The van der Waals surface area contributed by atoms with Gasteiger partial charge < -0.3 is 15.8 Å². The van der Waals surface area contributed by atoms with E-state index in [1.165, 1.54) is 0 Å². The molecule has 0 aromatic carbocycles. The number of nitrogens with zero attached hydrogens (tertiary/aromatic N) is 2. The molecule has 6 nitrogen and oxygen atoms in total. The molecule has 3 rings (SSSR count). The van der Waals surface area contributed by atoms with Gasteiger partial charge in [-0.05, 0) is 18.9 Å². The Hall–Kier alpha value is -1.40. The van der Waals surface area contributed by atoms with Crippen LogP contribution in [0.3, 0.4) is 0 Å². The minimum Gasteiger partial charge on any atom is -0.376 e. The SMILES string of the molecule is Cn1ccc(C(=O)NC2C(N)C3CCCOC32)n1. The zero-order chi connectivity index (χ0) is 12.7. The van der Waals surface area contributed by atoms with E-state index < -0.39 is 0 Å². The van der Waals surface area contributed by atoms with E-state index in [1.54, 1.807) is 24.0 Å². The Morgan fingerprint density at radius 3 is 3.22 bits per heavy atom. The Kier molecular flexibility index (Phi) is 2.83. The van der Waals surface area contributed by atoms with Crippen LogP contribution in [0.4, 0.5) is 0 Å². The van der Waals surface area contributed by atoms with Gasteiger partial charge in [0.05, 0.1) is 12.1 Å². The number of rotatable bonds is 2. The largest absolute Gasteiger partial charge is 0.376 e. The standard InChI is InChI=1S/C12H18N4O2/c1-16-5-4-8(15-16)12(17)14-10-9(13)7-3-2-6-18-11(7)10/h4-5,7,9-11H,2-3,6,13H2,1H3,(H,14,17). The van der Waals surface area contributed by atoms with Crippen LogP contribution in [0.1, 0.15) is 23.3 Å². The van der Waals surface area contributed by atoms with Crippen molar-refractivity contribution in [3.63, 3.8) is 0 Å². The molecule has 0 bridgehead atoms. The van der Waals surface area contributed by atoms with Crippen molar-refractivity contribution in [3.05, 3.63) is 18.0 Å². The Morgan fingerprint density at radius 2 is 2.50 bits per heavy atom. The number of nitrogens with two attached hydrogens (primary N) is 1. The molecule has 98 valence electrons. The molecule has 0 radical (unpaired) electrons. The minimum absolute atomic E-state index is 0.00274. The van der Waals surface area contributed by atoms with E-state index in [2.05, 4.69) is 10.4 Å². The number of carbonyl (C=O) groups excluding carboxylic acids is 1. The summed E-state index contributed by atoms with van der Waals surface area (Å²) in [5.74, 6) is 0.219. The molecule has 1 aliphatic heterocycles. The van der Waals surface area contributed by atoms with Crippen molar-refractivity contribution in [1.82, 2.24) is 15.1 Å². The van der Waals surface area contributed by atoms with Crippen LogP contribution in [-0.4, -0.2) is 40.5 Å². The smallest absolute Gasteiger partial charge is 0.272 e. The first kappa shape index (κ1) is 11.7. The summed E-state index contributed by atoms with van der Waals surface area (Å²) < 4.78 is 7.29. The number of carbonyl (C=O) groups is 1. The molecular weight excluding hydrogens is 232 g/mol. The lowest BCUT2D eigenvalue weighted by atomic mass is 9.68. The van der Waals surface area contributed by atoms with E-state index in [0.717, 1.165) is 19.4 Å². The topological polar surface area (TPSA) is 82.2 Å². The predicted octanol–water partition coefficient (Wildman–Crippen LogP) is -0.345. The summed E-state index contributed by atoms with van der Waals surface area (Å²) in [6, 6.07) is 1.62. The van der Waals surface area contributed by atoms with E-state index in [0.29, 0.717) is 11.6 Å². The monoisotopic (exact) mass is 250 g/mol. The van der Waals surface area contributed by atoms with Crippen LogP contribution >= 0.6 is 0 Å². The summed E-state index contributed by atoms with van der Waals surface area (Å²) in [4.78, 5) is 12.0.